The van der Waals surface area contributed by atoms with Gasteiger partial charge in [-0.3, -0.25) is 9.52 Å². The lowest BCUT2D eigenvalue weighted by Gasteiger charge is -2.18. The summed E-state index contributed by atoms with van der Waals surface area (Å²) in [7, 11) is -3.77. The fraction of sp³-hybridized carbons (Fsp3) is 0.182. The molecule has 1 amide bonds. The van der Waals surface area contributed by atoms with E-state index < -0.39 is 10.0 Å². The zero-order chi connectivity index (χ0) is 22.0. The summed E-state index contributed by atoms with van der Waals surface area (Å²) in [6, 6.07) is 16.1. The lowest BCUT2D eigenvalue weighted by molar-refractivity contribution is -0.133. The summed E-state index contributed by atoms with van der Waals surface area (Å²) in [5.74, 6) is 0.538. The molecule has 0 radical (unpaired) electrons. The maximum atomic E-state index is 12.7. The van der Waals surface area contributed by atoms with Crippen LogP contribution in [0.2, 0.25) is 5.02 Å². The van der Waals surface area contributed by atoms with Crippen LogP contribution >= 0.6 is 11.6 Å². The third kappa shape index (κ3) is 4.50. The second-order valence-corrected chi connectivity index (χ2v) is 9.13. The highest BCUT2D eigenvalue weighted by Gasteiger charge is 2.34. The second kappa shape index (κ2) is 8.56. The molecule has 160 valence electrons. The van der Waals surface area contributed by atoms with E-state index in [-0.39, 0.29) is 16.8 Å². The first-order valence-electron chi connectivity index (χ1n) is 9.69. The van der Waals surface area contributed by atoms with Crippen molar-refractivity contribution in [3.8, 4) is 0 Å². The number of anilines is 1. The second-order valence-electron chi connectivity index (χ2n) is 7.01. The van der Waals surface area contributed by atoms with Gasteiger partial charge in [0.2, 0.25) is 5.91 Å². The van der Waals surface area contributed by atoms with Gasteiger partial charge in [0.05, 0.1) is 16.9 Å². The summed E-state index contributed by atoms with van der Waals surface area (Å²) < 4.78 is 33.4. The molecule has 1 unspecified atom stereocenters. The fourth-order valence-electron chi connectivity index (χ4n) is 3.37. The fourth-order valence-corrected chi connectivity index (χ4v) is 4.54. The summed E-state index contributed by atoms with van der Waals surface area (Å²) in [6.07, 6.45) is 2.34. The summed E-state index contributed by atoms with van der Waals surface area (Å²) in [6.45, 7) is 1.78. The lowest BCUT2D eigenvalue weighted by Crippen LogP contribution is -2.25. The van der Waals surface area contributed by atoms with Crippen molar-refractivity contribution in [3.05, 3.63) is 83.3 Å². The highest BCUT2D eigenvalue weighted by atomic mass is 35.5. The van der Waals surface area contributed by atoms with Crippen molar-refractivity contribution < 1.29 is 17.6 Å². The Bertz CT molecular complexity index is 1220. The van der Waals surface area contributed by atoms with Crippen LogP contribution in [0.1, 0.15) is 37.1 Å². The lowest BCUT2D eigenvalue weighted by atomic mass is 10.0. The van der Waals surface area contributed by atoms with Crippen LogP contribution in [0.5, 0.6) is 0 Å². The summed E-state index contributed by atoms with van der Waals surface area (Å²) in [5, 5.41) is 6.42. The quantitative estimate of drug-likeness (QED) is 0.574. The molecule has 1 atom stereocenters. The third-order valence-corrected chi connectivity index (χ3v) is 6.56. The monoisotopic (exact) mass is 457 g/mol. The predicted molar refractivity (Wildman–Crippen MR) is 118 cm³/mol. The Morgan fingerprint density at radius 2 is 1.97 bits per heavy atom. The molecule has 4 rings (SSSR count). The number of hydrogen-bond donors (Lipinski definition) is 1. The minimum Gasteiger partial charge on any atom is -0.467 e. The average Bonchev–Trinajstić information content (AvgIpc) is 3.43. The summed E-state index contributed by atoms with van der Waals surface area (Å²) in [5.41, 5.74) is 1.79. The molecule has 9 heteroatoms. The van der Waals surface area contributed by atoms with E-state index in [1.807, 2.05) is 12.1 Å². The first kappa shape index (κ1) is 21.1. The van der Waals surface area contributed by atoms with Gasteiger partial charge in [-0.2, -0.15) is 5.10 Å². The Balaban J connectivity index is 1.60. The van der Waals surface area contributed by atoms with Crippen molar-refractivity contribution in [2.24, 2.45) is 5.10 Å². The Morgan fingerprint density at radius 3 is 2.65 bits per heavy atom. The molecule has 0 saturated heterocycles. The Kier molecular flexibility index (Phi) is 5.84. The minimum atomic E-state index is -3.77. The van der Waals surface area contributed by atoms with E-state index in [2.05, 4.69) is 9.82 Å². The number of halogens is 1. The van der Waals surface area contributed by atoms with Crippen LogP contribution in [0, 0.1) is 0 Å². The van der Waals surface area contributed by atoms with Gasteiger partial charge in [-0.25, -0.2) is 13.4 Å². The van der Waals surface area contributed by atoms with Gasteiger partial charge in [0, 0.05) is 23.6 Å². The van der Waals surface area contributed by atoms with Crippen molar-refractivity contribution >= 4 is 38.9 Å². The van der Waals surface area contributed by atoms with E-state index in [1.54, 1.807) is 37.5 Å². The Hall–Kier alpha value is -3.10. The molecule has 0 saturated carbocycles. The zero-order valence-corrected chi connectivity index (χ0v) is 18.2. The van der Waals surface area contributed by atoms with Gasteiger partial charge in [0.15, 0.2) is 0 Å². The van der Waals surface area contributed by atoms with Gasteiger partial charge >= 0.3 is 0 Å². The van der Waals surface area contributed by atoms with Crippen LogP contribution in [0.25, 0.3) is 0 Å². The normalized spacial score (nSPS) is 16.3. The largest absolute Gasteiger partial charge is 0.467 e. The molecular formula is C22H20ClN3O4S. The number of hydrogen-bond acceptors (Lipinski definition) is 5. The molecule has 3 aromatic rings. The van der Waals surface area contributed by atoms with E-state index in [9.17, 15) is 13.2 Å². The number of benzene rings is 2. The molecule has 1 aliphatic rings. The van der Waals surface area contributed by atoms with Crippen molar-refractivity contribution in [2.75, 3.05) is 4.72 Å². The molecule has 0 aliphatic carbocycles. The van der Waals surface area contributed by atoms with Crippen LogP contribution in [-0.4, -0.2) is 25.0 Å². The van der Waals surface area contributed by atoms with Gasteiger partial charge in [-0.15, -0.1) is 0 Å². The van der Waals surface area contributed by atoms with Crippen molar-refractivity contribution in [1.82, 2.24) is 5.01 Å². The summed E-state index contributed by atoms with van der Waals surface area (Å²) in [4.78, 5) is 12.5. The van der Waals surface area contributed by atoms with Crippen LogP contribution in [0.4, 0.5) is 5.69 Å². The predicted octanol–water partition coefficient (Wildman–Crippen LogP) is 4.82. The van der Waals surface area contributed by atoms with E-state index in [0.717, 1.165) is 5.56 Å². The van der Waals surface area contributed by atoms with Crippen molar-refractivity contribution in [2.45, 2.75) is 30.7 Å². The van der Waals surface area contributed by atoms with Gasteiger partial charge in [0.25, 0.3) is 10.0 Å². The molecule has 1 N–H and O–H groups in total. The zero-order valence-electron chi connectivity index (χ0n) is 16.7. The summed E-state index contributed by atoms with van der Waals surface area (Å²) >= 11 is 5.85. The number of sulfonamides is 1. The van der Waals surface area contributed by atoms with Crippen LogP contribution in [0.15, 0.2) is 81.3 Å². The maximum absolute atomic E-state index is 12.7. The van der Waals surface area contributed by atoms with Gasteiger partial charge < -0.3 is 4.42 Å². The molecular weight excluding hydrogens is 438 g/mol. The molecule has 7 nitrogen and oxygen atoms in total. The van der Waals surface area contributed by atoms with E-state index >= 15 is 0 Å². The number of hydrazone groups is 1. The molecule has 0 spiro atoms. The van der Waals surface area contributed by atoms with Crippen molar-refractivity contribution in [1.29, 1.82) is 0 Å². The molecule has 1 aromatic heterocycles. The van der Waals surface area contributed by atoms with E-state index in [1.165, 1.54) is 29.3 Å². The standard InChI is InChI=1S/C22H20ClN3O4S/c1-2-22(27)26-20(21-7-4-12-30-21)14-19(24-26)15-5-3-6-17(13-15)25-31(28,29)18-10-8-16(23)9-11-18/h3-13,20,25H,2,14H2,1H3. The molecule has 2 aromatic carbocycles. The third-order valence-electron chi connectivity index (χ3n) is 4.91. The molecule has 2 heterocycles. The number of carbonyl (C=O) groups excluding carboxylic acids is 1. The highest BCUT2D eigenvalue weighted by molar-refractivity contribution is 7.92. The number of nitrogens with zero attached hydrogens (tertiary/aromatic N) is 2. The smallest absolute Gasteiger partial charge is 0.261 e. The first-order valence-corrected chi connectivity index (χ1v) is 11.6. The van der Waals surface area contributed by atoms with Gasteiger partial charge in [-0.05, 0) is 54.1 Å². The van der Waals surface area contributed by atoms with E-state index in [0.29, 0.717) is 35.0 Å². The molecule has 0 fully saturated rings. The SMILES string of the molecule is CCC(=O)N1N=C(c2cccc(NS(=O)(=O)c3ccc(Cl)cc3)c2)CC1c1ccco1. The number of carbonyl (C=O) groups is 1. The van der Waals surface area contributed by atoms with E-state index in [4.69, 9.17) is 16.0 Å². The number of nitrogens with one attached hydrogen (secondary N) is 1. The minimum absolute atomic E-state index is 0.109. The topological polar surface area (TPSA) is 92.0 Å². The number of amides is 1. The van der Waals surface area contributed by atoms with Crippen LogP contribution in [-0.2, 0) is 14.8 Å². The van der Waals surface area contributed by atoms with Crippen LogP contribution in [0.3, 0.4) is 0 Å². The Morgan fingerprint density at radius 1 is 1.19 bits per heavy atom. The molecule has 0 bridgehead atoms. The molecule has 1 aliphatic heterocycles. The van der Waals surface area contributed by atoms with Crippen LogP contribution < -0.4 is 4.72 Å². The highest BCUT2D eigenvalue weighted by Crippen LogP contribution is 2.34. The number of rotatable bonds is 6. The number of furan rings is 1. The Labute approximate surface area is 185 Å². The maximum Gasteiger partial charge on any atom is 0.261 e. The van der Waals surface area contributed by atoms with Crippen molar-refractivity contribution in [3.63, 3.8) is 0 Å². The molecule has 31 heavy (non-hydrogen) atoms. The van der Waals surface area contributed by atoms with Gasteiger partial charge in [0.1, 0.15) is 11.8 Å². The first-order chi connectivity index (χ1) is 14.9. The van der Waals surface area contributed by atoms with Gasteiger partial charge in [-0.1, -0.05) is 30.7 Å². The average molecular weight is 458 g/mol.